The van der Waals surface area contributed by atoms with Gasteiger partial charge in [0.15, 0.2) is 6.10 Å². The first-order valence-electron chi connectivity index (χ1n) is 7.62. The van der Waals surface area contributed by atoms with Crippen molar-refractivity contribution >= 4 is 5.97 Å². The fourth-order valence-electron chi connectivity index (χ4n) is 1.99. The number of carbonyl (C=O) groups excluding carboxylic acids is 1. The van der Waals surface area contributed by atoms with E-state index in [-0.39, 0.29) is 13.2 Å². The Morgan fingerprint density at radius 1 is 1.12 bits per heavy atom. The van der Waals surface area contributed by atoms with Gasteiger partial charge in [0.2, 0.25) is 0 Å². The number of benzene rings is 2. The summed E-state index contributed by atoms with van der Waals surface area (Å²) in [5, 5.41) is 8.74. The van der Waals surface area contributed by atoms with Crippen molar-refractivity contribution in [3.05, 3.63) is 59.7 Å². The van der Waals surface area contributed by atoms with Crippen LogP contribution in [-0.2, 0) is 9.53 Å². The molecule has 0 bridgehead atoms. The van der Waals surface area contributed by atoms with Crippen LogP contribution >= 0.6 is 0 Å². The smallest absolute Gasteiger partial charge is 0.347 e. The number of hydrogen-bond acceptors (Lipinski definition) is 5. The standard InChI is InChI=1S/C19H19NO4/c1-14-5-3-4-6-18(14)22-11-12-23-19(21)15(2)24-17-9-7-16(13-20)8-10-17/h3-10,15H,11-12H2,1-2H3/t15-/m0/s1. The summed E-state index contributed by atoms with van der Waals surface area (Å²) in [5.74, 6) is 0.817. The van der Waals surface area contributed by atoms with Gasteiger partial charge in [-0.1, -0.05) is 18.2 Å². The van der Waals surface area contributed by atoms with Gasteiger partial charge in [-0.2, -0.15) is 5.26 Å². The third kappa shape index (κ3) is 5.03. The van der Waals surface area contributed by atoms with Crippen molar-refractivity contribution in [3.8, 4) is 17.6 Å². The number of carbonyl (C=O) groups is 1. The van der Waals surface area contributed by atoms with Crippen molar-refractivity contribution in [1.82, 2.24) is 0 Å². The zero-order valence-electron chi connectivity index (χ0n) is 13.7. The molecule has 24 heavy (non-hydrogen) atoms. The van der Waals surface area contributed by atoms with Crippen LogP contribution in [0, 0.1) is 18.3 Å². The van der Waals surface area contributed by atoms with E-state index < -0.39 is 12.1 Å². The number of para-hydroxylation sites is 1. The lowest BCUT2D eigenvalue weighted by Crippen LogP contribution is -2.27. The van der Waals surface area contributed by atoms with Gasteiger partial charge >= 0.3 is 5.97 Å². The topological polar surface area (TPSA) is 68.6 Å². The van der Waals surface area contributed by atoms with Gasteiger partial charge in [0, 0.05) is 0 Å². The molecule has 0 spiro atoms. The predicted octanol–water partition coefficient (Wildman–Crippen LogP) is 3.26. The molecule has 0 amide bonds. The molecule has 0 saturated heterocycles. The van der Waals surface area contributed by atoms with E-state index in [4.69, 9.17) is 19.5 Å². The summed E-state index contributed by atoms with van der Waals surface area (Å²) in [6.07, 6.45) is -0.739. The molecule has 2 aromatic carbocycles. The quantitative estimate of drug-likeness (QED) is 0.577. The van der Waals surface area contributed by atoms with Crippen molar-refractivity contribution < 1.29 is 19.0 Å². The number of nitriles is 1. The molecule has 1 atom stereocenters. The number of rotatable bonds is 7. The molecule has 0 aliphatic heterocycles. The summed E-state index contributed by atoms with van der Waals surface area (Å²) in [7, 11) is 0. The first kappa shape index (κ1) is 17.4. The number of esters is 1. The molecule has 0 aliphatic carbocycles. The molecule has 0 unspecified atom stereocenters. The Labute approximate surface area is 141 Å². The van der Waals surface area contributed by atoms with Crippen LogP contribution in [0.25, 0.3) is 0 Å². The number of aryl methyl sites for hydroxylation is 1. The first-order valence-corrected chi connectivity index (χ1v) is 7.62. The molecule has 0 N–H and O–H groups in total. The highest BCUT2D eigenvalue weighted by atomic mass is 16.6. The molecule has 0 aliphatic rings. The predicted molar refractivity (Wildman–Crippen MR) is 88.9 cm³/mol. The van der Waals surface area contributed by atoms with Gasteiger partial charge in [-0.05, 0) is 49.7 Å². The maximum atomic E-state index is 11.9. The molecule has 124 valence electrons. The molecule has 0 radical (unpaired) electrons. The second kappa shape index (κ2) is 8.59. The normalized spacial score (nSPS) is 11.2. The van der Waals surface area contributed by atoms with Crippen molar-refractivity contribution in [1.29, 1.82) is 5.26 Å². The maximum Gasteiger partial charge on any atom is 0.347 e. The lowest BCUT2D eigenvalue weighted by atomic mass is 10.2. The Morgan fingerprint density at radius 3 is 2.50 bits per heavy atom. The Kier molecular flexibility index (Phi) is 6.21. The van der Waals surface area contributed by atoms with Gasteiger partial charge in [0.05, 0.1) is 11.6 Å². The Balaban J connectivity index is 1.73. The van der Waals surface area contributed by atoms with Crippen LogP contribution in [-0.4, -0.2) is 25.3 Å². The molecular weight excluding hydrogens is 306 g/mol. The number of nitrogens with zero attached hydrogens (tertiary/aromatic N) is 1. The van der Waals surface area contributed by atoms with Crippen molar-refractivity contribution in [3.63, 3.8) is 0 Å². The molecule has 0 aromatic heterocycles. The SMILES string of the molecule is Cc1ccccc1OCCOC(=O)[C@H](C)Oc1ccc(C#N)cc1. The van der Waals surface area contributed by atoms with Gasteiger partial charge in [-0.15, -0.1) is 0 Å². The van der Waals surface area contributed by atoms with Gasteiger partial charge in [-0.3, -0.25) is 0 Å². The van der Waals surface area contributed by atoms with E-state index in [2.05, 4.69) is 0 Å². The monoisotopic (exact) mass is 325 g/mol. The van der Waals surface area contributed by atoms with E-state index in [0.717, 1.165) is 11.3 Å². The van der Waals surface area contributed by atoms with Crippen molar-refractivity contribution in [2.24, 2.45) is 0 Å². The van der Waals surface area contributed by atoms with Crippen molar-refractivity contribution in [2.75, 3.05) is 13.2 Å². The Bertz CT molecular complexity index is 719. The minimum atomic E-state index is -0.739. The minimum absolute atomic E-state index is 0.147. The van der Waals surface area contributed by atoms with Crippen LogP contribution in [0.5, 0.6) is 11.5 Å². The average Bonchev–Trinajstić information content (AvgIpc) is 2.60. The van der Waals surface area contributed by atoms with Crippen LogP contribution < -0.4 is 9.47 Å². The lowest BCUT2D eigenvalue weighted by molar-refractivity contribution is -0.151. The molecule has 0 heterocycles. The number of hydrogen-bond donors (Lipinski definition) is 0. The van der Waals surface area contributed by atoms with E-state index in [0.29, 0.717) is 11.3 Å². The average molecular weight is 325 g/mol. The summed E-state index contributed by atoms with van der Waals surface area (Å²) in [6.45, 7) is 3.99. The molecule has 0 saturated carbocycles. The van der Waals surface area contributed by atoms with Gasteiger partial charge in [0.1, 0.15) is 24.7 Å². The highest BCUT2D eigenvalue weighted by molar-refractivity contribution is 5.74. The summed E-state index contributed by atoms with van der Waals surface area (Å²) in [6, 6.07) is 16.2. The Hall–Kier alpha value is -3.00. The van der Waals surface area contributed by atoms with E-state index in [1.807, 2.05) is 37.3 Å². The van der Waals surface area contributed by atoms with Gasteiger partial charge in [-0.25, -0.2) is 4.79 Å². The summed E-state index contributed by atoms with van der Waals surface area (Å²) >= 11 is 0. The first-order chi connectivity index (χ1) is 11.6. The van der Waals surface area contributed by atoms with Crippen LogP contribution in [0.1, 0.15) is 18.1 Å². The zero-order valence-corrected chi connectivity index (χ0v) is 13.7. The van der Waals surface area contributed by atoms with Crippen LogP contribution in [0.2, 0.25) is 0 Å². The zero-order chi connectivity index (χ0) is 17.4. The van der Waals surface area contributed by atoms with Crippen LogP contribution in [0.3, 0.4) is 0 Å². The van der Waals surface area contributed by atoms with E-state index in [1.165, 1.54) is 0 Å². The Morgan fingerprint density at radius 2 is 1.83 bits per heavy atom. The minimum Gasteiger partial charge on any atom is -0.490 e. The molecular formula is C19H19NO4. The summed E-state index contributed by atoms with van der Waals surface area (Å²) < 4.78 is 16.2. The summed E-state index contributed by atoms with van der Waals surface area (Å²) in [5.41, 5.74) is 1.56. The van der Waals surface area contributed by atoms with E-state index in [1.54, 1.807) is 31.2 Å². The van der Waals surface area contributed by atoms with Gasteiger partial charge < -0.3 is 14.2 Å². The highest BCUT2D eigenvalue weighted by Crippen LogP contribution is 2.16. The molecule has 2 aromatic rings. The van der Waals surface area contributed by atoms with E-state index in [9.17, 15) is 4.79 Å². The second-order valence-electron chi connectivity index (χ2n) is 5.18. The van der Waals surface area contributed by atoms with Gasteiger partial charge in [0.25, 0.3) is 0 Å². The third-order valence-electron chi connectivity index (χ3n) is 3.31. The fraction of sp³-hybridized carbons (Fsp3) is 0.263. The molecule has 2 rings (SSSR count). The van der Waals surface area contributed by atoms with Crippen molar-refractivity contribution in [2.45, 2.75) is 20.0 Å². The molecule has 5 heteroatoms. The summed E-state index contributed by atoms with van der Waals surface area (Å²) in [4.78, 5) is 11.9. The fourth-order valence-corrected chi connectivity index (χ4v) is 1.99. The molecule has 5 nitrogen and oxygen atoms in total. The molecule has 0 fully saturated rings. The van der Waals surface area contributed by atoms with Crippen LogP contribution in [0.4, 0.5) is 0 Å². The second-order valence-corrected chi connectivity index (χ2v) is 5.18. The highest BCUT2D eigenvalue weighted by Gasteiger charge is 2.16. The van der Waals surface area contributed by atoms with E-state index >= 15 is 0 Å². The lowest BCUT2D eigenvalue weighted by Gasteiger charge is -2.14. The van der Waals surface area contributed by atoms with Crippen LogP contribution in [0.15, 0.2) is 48.5 Å². The third-order valence-corrected chi connectivity index (χ3v) is 3.31. The maximum absolute atomic E-state index is 11.9. The largest absolute Gasteiger partial charge is 0.490 e. The number of ether oxygens (including phenoxy) is 3.